The number of anilines is 1. The first-order valence-electron chi connectivity index (χ1n) is 13.3. The predicted molar refractivity (Wildman–Crippen MR) is 139 cm³/mol. The highest BCUT2D eigenvalue weighted by molar-refractivity contribution is 6.04. The number of carbonyl (C=O) groups excluding carboxylic acids is 1. The number of ether oxygens (including phenoxy) is 1. The number of hydrogen-bond acceptors (Lipinski definition) is 6. The minimum absolute atomic E-state index is 0.0405. The fourth-order valence-electron chi connectivity index (χ4n) is 6.20. The molecule has 3 aromatic rings. The first kappa shape index (κ1) is 28.2. The minimum atomic E-state index is -1.60. The van der Waals surface area contributed by atoms with E-state index in [1.54, 1.807) is 50.2 Å². The van der Waals surface area contributed by atoms with Crippen LogP contribution in [0.4, 0.5) is 18.9 Å². The maximum absolute atomic E-state index is 13.7. The molecule has 0 saturated heterocycles. The van der Waals surface area contributed by atoms with Crippen LogP contribution in [-0.2, 0) is 19.7 Å². The number of halogens is 3. The molecule has 3 N–H and O–H groups in total. The van der Waals surface area contributed by atoms with Gasteiger partial charge in [-0.1, -0.05) is 0 Å². The third-order valence-corrected chi connectivity index (χ3v) is 8.48. The van der Waals surface area contributed by atoms with Crippen molar-refractivity contribution in [2.45, 2.75) is 69.7 Å². The Morgan fingerprint density at radius 3 is 2.33 bits per heavy atom. The second-order valence-electron chi connectivity index (χ2n) is 11.8. The van der Waals surface area contributed by atoms with Crippen molar-refractivity contribution in [1.29, 1.82) is 0 Å². The van der Waals surface area contributed by atoms with E-state index in [4.69, 9.17) is 4.74 Å². The number of aliphatic hydroxyl groups is 2. The highest BCUT2D eigenvalue weighted by Gasteiger charge is 2.52. The lowest BCUT2D eigenvalue weighted by Crippen LogP contribution is -2.38. The van der Waals surface area contributed by atoms with E-state index in [1.165, 1.54) is 6.33 Å². The van der Waals surface area contributed by atoms with Gasteiger partial charge in [-0.25, -0.2) is 18.2 Å². The fraction of sp³-hybridized carbons (Fsp3) is 0.536. The van der Waals surface area contributed by atoms with Crippen molar-refractivity contribution in [3.05, 3.63) is 59.1 Å². The van der Waals surface area contributed by atoms with E-state index in [-0.39, 0.29) is 29.1 Å². The van der Waals surface area contributed by atoms with E-state index < -0.39 is 40.7 Å². The summed E-state index contributed by atoms with van der Waals surface area (Å²) in [7, 11) is 3.41. The van der Waals surface area contributed by atoms with E-state index in [2.05, 4.69) is 15.4 Å². The molecular weight excluding hydrogens is 527 g/mol. The van der Waals surface area contributed by atoms with Crippen LogP contribution in [0.15, 0.2) is 24.5 Å². The molecule has 0 radical (unpaired) electrons. The summed E-state index contributed by atoms with van der Waals surface area (Å²) >= 11 is 0. The Kier molecular flexibility index (Phi) is 6.98. The quantitative estimate of drug-likeness (QED) is 0.374. The standard InChI is InChI=1S/C28H34F3N5O4/c1-14(27(2,3)38)40-22-10-21(36(5)34-22)28(39)11-16-6-15(7-17(16)12-28)24-25(35(4)13-32-24)26(37)33-18-8-19(29)23(31)20(30)9-18/h8-10,13-17,38-39H,6-7,11-12H2,1-5H3,(H,33,37). The summed E-state index contributed by atoms with van der Waals surface area (Å²) in [5.41, 5.74) is -0.854. The van der Waals surface area contributed by atoms with Crippen LogP contribution in [0, 0.1) is 29.3 Å². The zero-order valence-corrected chi connectivity index (χ0v) is 23.1. The maximum Gasteiger partial charge on any atom is 0.274 e. The molecule has 2 aliphatic rings. The molecule has 0 bridgehead atoms. The van der Waals surface area contributed by atoms with Gasteiger partial charge >= 0.3 is 0 Å². The predicted octanol–water partition coefficient (Wildman–Crippen LogP) is 4.15. The number of nitrogens with one attached hydrogen (secondary N) is 1. The summed E-state index contributed by atoms with van der Waals surface area (Å²) in [5, 5.41) is 28.7. The zero-order valence-electron chi connectivity index (χ0n) is 23.1. The maximum atomic E-state index is 13.7. The molecule has 2 aliphatic carbocycles. The Morgan fingerprint density at radius 2 is 1.75 bits per heavy atom. The van der Waals surface area contributed by atoms with Crippen LogP contribution in [-0.4, -0.2) is 47.2 Å². The highest BCUT2D eigenvalue weighted by Crippen LogP contribution is 2.57. The summed E-state index contributed by atoms with van der Waals surface area (Å²) in [6, 6.07) is 3.18. The van der Waals surface area contributed by atoms with Crippen LogP contribution in [0.25, 0.3) is 0 Å². The number of aromatic nitrogens is 4. The lowest BCUT2D eigenvalue weighted by Gasteiger charge is -2.25. The molecule has 5 rings (SSSR count). The van der Waals surface area contributed by atoms with Crippen molar-refractivity contribution in [3.63, 3.8) is 0 Å². The van der Waals surface area contributed by atoms with Crippen molar-refractivity contribution >= 4 is 11.6 Å². The van der Waals surface area contributed by atoms with Gasteiger partial charge in [-0.2, -0.15) is 0 Å². The number of amides is 1. The molecule has 9 nitrogen and oxygen atoms in total. The van der Waals surface area contributed by atoms with Crippen LogP contribution < -0.4 is 10.1 Å². The van der Waals surface area contributed by atoms with Crippen molar-refractivity contribution in [3.8, 4) is 5.88 Å². The van der Waals surface area contributed by atoms with Gasteiger partial charge in [-0.15, -0.1) is 5.10 Å². The normalized spacial score (nSPS) is 25.2. The summed E-state index contributed by atoms with van der Waals surface area (Å²) < 4.78 is 49.6. The van der Waals surface area contributed by atoms with Gasteiger partial charge in [0.15, 0.2) is 17.5 Å². The van der Waals surface area contributed by atoms with Gasteiger partial charge in [-0.3, -0.25) is 9.48 Å². The molecule has 1 amide bonds. The number of carbonyl (C=O) groups is 1. The smallest absolute Gasteiger partial charge is 0.274 e. The first-order chi connectivity index (χ1) is 18.7. The third-order valence-electron chi connectivity index (χ3n) is 8.48. The fourth-order valence-corrected chi connectivity index (χ4v) is 6.20. The van der Waals surface area contributed by atoms with Crippen LogP contribution in [0.5, 0.6) is 5.88 Å². The summed E-state index contributed by atoms with van der Waals surface area (Å²) in [6.07, 6.45) is 3.46. The number of hydrogen-bond donors (Lipinski definition) is 3. The first-order valence-corrected chi connectivity index (χ1v) is 13.3. The highest BCUT2D eigenvalue weighted by atomic mass is 19.2. The Hall–Kier alpha value is -3.38. The third kappa shape index (κ3) is 5.10. The van der Waals surface area contributed by atoms with Crippen molar-refractivity contribution in [2.75, 3.05) is 5.32 Å². The number of fused-ring (bicyclic) bond motifs is 1. The van der Waals surface area contributed by atoms with E-state index in [1.807, 2.05) is 0 Å². The van der Waals surface area contributed by atoms with E-state index in [0.717, 1.165) is 12.1 Å². The average molecular weight is 562 g/mol. The van der Waals surface area contributed by atoms with Gasteiger partial charge < -0.3 is 24.8 Å². The molecule has 216 valence electrons. The Bertz CT molecular complexity index is 1410. The van der Waals surface area contributed by atoms with E-state index >= 15 is 0 Å². The van der Waals surface area contributed by atoms with Crippen LogP contribution in [0.2, 0.25) is 0 Å². The number of nitrogens with zero attached hydrogens (tertiary/aromatic N) is 4. The SMILES string of the molecule is CC(Oc1cc(C2(O)CC3CC(c4ncn(C)c4C(=O)Nc4cc(F)c(F)c(F)c4)CC3C2)n(C)n1)C(C)(C)O. The molecule has 2 heterocycles. The average Bonchev–Trinajstić information content (AvgIpc) is 3.58. The number of benzene rings is 1. The largest absolute Gasteiger partial charge is 0.471 e. The summed E-state index contributed by atoms with van der Waals surface area (Å²) in [6.45, 7) is 5.07. The van der Waals surface area contributed by atoms with Crippen molar-refractivity contribution < 1.29 is 32.9 Å². The number of imidazole rings is 1. The molecule has 12 heteroatoms. The van der Waals surface area contributed by atoms with E-state index in [0.29, 0.717) is 43.0 Å². The second-order valence-corrected chi connectivity index (χ2v) is 11.8. The molecule has 1 aromatic carbocycles. The van der Waals surface area contributed by atoms with Crippen molar-refractivity contribution in [2.24, 2.45) is 25.9 Å². The monoisotopic (exact) mass is 561 g/mol. The molecule has 0 spiro atoms. The van der Waals surface area contributed by atoms with Gasteiger partial charge in [-0.05, 0) is 58.3 Å². The molecule has 3 atom stereocenters. The van der Waals surface area contributed by atoms with Gasteiger partial charge in [0.1, 0.15) is 17.4 Å². The lowest BCUT2D eigenvalue weighted by atomic mass is 9.90. The molecule has 2 aromatic heterocycles. The topological polar surface area (TPSA) is 114 Å². The van der Waals surface area contributed by atoms with E-state index in [9.17, 15) is 28.2 Å². The Labute approximate surface area is 230 Å². The Morgan fingerprint density at radius 1 is 1.15 bits per heavy atom. The van der Waals surface area contributed by atoms with Gasteiger partial charge in [0.25, 0.3) is 5.91 Å². The van der Waals surface area contributed by atoms with Crippen molar-refractivity contribution in [1.82, 2.24) is 19.3 Å². The van der Waals surface area contributed by atoms with Gasteiger partial charge in [0, 0.05) is 43.9 Å². The summed E-state index contributed by atoms with van der Waals surface area (Å²) in [5.74, 6) is -4.33. The second kappa shape index (κ2) is 9.91. The van der Waals surface area contributed by atoms with Gasteiger partial charge in [0.2, 0.25) is 5.88 Å². The van der Waals surface area contributed by atoms with Crippen LogP contribution >= 0.6 is 0 Å². The van der Waals surface area contributed by atoms with Gasteiger partial charge in [0.05, 0.1) is 23.3 Å². The Balaban J connectivity index is 1.29. The summed E-state index contributed by atoms with van der Waals surface area (Å²) in [4.78, 5) is 17.6. The number of aryl methyl sites for hydroxylation is 2. The lowest BCUT2D eigenvalue weighted by molar-refractivity contribution is -0.0262. The molecule has 2 fully saturated rings. The molecular formula is C28H34F3N5O4. The molecule has 3 unspecified atom stereocenters. The number of rotatable bonds is 7. The molecule has 40 heavy (non-hydrogen) atoms. The van der Waals surface area contributed by atoms with Crippen LogP contribution in [0.3, 0.4) is 0 Å². The van der Waals surface area contributed by atoms with Crippen LogP contribution in [0.1, 0.15) is 74.2 Å². The molecule has 2 saturated carbocycles. The minimum Gasteiger partial charge on any atom is -0.471 e. The molecule has 0 aliphatic heterocycles. The zero-order chi connectivity index (χ0) is 29.1.